The largest absolute Gasteiger partial charge is 0.372 e. The Balaban J connectivity index is 1.68. The van der Waals surface area contributed by atoms with Crippen molar-refractivity contribution in [2.45, 2.75) is 25.0 Å². The molecule has 0 saturated carbocycles. The molecular weight excluding hydrogens is 252 g/mol. The van der Waals surface area contributed by atoms with Gasteiger partial charge < -0.3 is 4.74 Å². The molecule has 2 fully saturated rings. The number of carbonyl (C=O) groups is 1. The maximum absolute atomic E-state index is 13.5. The van der Waals surface area contributed by atoms with E-state index in [0.29, 0.717) is 13.1 Å². The van der Waals surface area contributed by atoms with Crippen molar-refractivity contribution < 1.29 is 18.3 Å². The van der Waals surface area contributed by atoms with Crippen molar-refractivity contribution in [3.05, 3.63) is 35.4 Å². The van der Waals surface area contributed by atoms with Crippen molar-refractivity contribution in [2.24, 2.45) is 0 Å². The van der Waals surface area contributed by atoms with Crippen molar-refractivity contribution >= 4 is 5.78 Å². The zero-order valence-electron chi connectivity index (χ0n) is 10.4. The van der Waals surface area contributed by atoms with Crippen LogP contribution in [0.5, 0.6) is 0 Å². The van der Waals surface area contributed by atoms with Gasteiger partial charge in [0, 0.05) is 19.2 Å². The Morgan fingerprint density at radius 2 is 1.95 bits per heavy atom. The SMILES string of the molecule is O=C(CN1CC2CCC(C1)O2)c1ccc(F)cc1F. The Morgan fingerprint density at radius 1 is 1.26 bits per heavy atom. The van der Waals surface area contributed by atoms with Crippen molar-refractivity contribution in [1.29, 1.82) is 0 Å². The molecule has 3 nitrogen and oxygen atoms in total. The van der Waals surface area contributed by atoms with Crippen LogP contribution in [-0.2, 0) is 4.74 Å². The normalized spacial score (nSPS) is 26.6. The first-order valence-corrected chi connectivity index (χ1v) is 6.48. The second-order valence-corrected chi connectivity index (χ2v) is 5.20. The summed E-state index contributed by atoms with van der Waals surface area (Å²) in [5, 5.41) is 0. The van der Waals surface area contributed by atoms with Crippen LogP contribution in [0.1, 0.15) is 23.2 Å². The molecule has 2 heterocycles. The summed E-state index contributed by atoms with van der Waals surface area (Å²) in [4.78, 5) is 14.0. The maximum atomic E-state index is 13.5. The highest BCUT2D eigenvalue weighted by molar-refractivity contribution is 5.97. The van der Waals surface area contributed by atoms with Crippen molar-refractivity contribution in [3.8, 4) is 0 Å². The second kappa shape index (κ2) is 4.98. The molecule has 3 rings (SSSR count). The number of morpholine rings is 1. The highest BCUT2D eigenvalue weighted by atomic mass is 19.1. The van der Waals surface area contributed by atoms with Crippen molar-refractivity contribution in [2.75, 3.05) is 19.6 Å². The molecule has 19 heavy (non-hydrogen) atoms. The second-order valence-electron chi connectivity index (χ2n) is 5.20. The minimum Gasteiger partial charge on any atom is -0.372 e. The van der Waals surface area contributed by atoms with Gasteiger partial charge in [0.05, 0.1) is 24.3 Å². The predicted molar refractivity (Wildman–Crippen MR) is 65.0 cm³/mol. The molecule has 1 aromatic carbocycles. The Kier molecular flexibility index (Phi) is 3.33. The van der Waals surface area contributed by atoms with Crippen molar-refractivity contribution in [3.63, 3.8) is 0 Å². The highest BCUT2D eigenvalue weighted by Crippen LogP contribution is 2.26. The first-order chi connectivity index (χ1) is 9.11. The van der Waals surface area contributed by atoms with E-state index in [4.69, 9.17) is 4.74 Å². The molecule has 2 unspecified atom stereocenters. The lowest BCUT2D eigenvalue weighted by atomic mass is 10.1. The molecule has 5 heteroatoms. The third-order valence-corrected chi connectivity index (χ3v) is 3.72. The molecule has 2 saturated heterocycles. The summed E-state index contributed by atoms with van der Waals surface area (Å²) in [5.41, 5.74) is -0.0414. The lowest BCUT2D eigenvalue weighted by Crippen LogP contribution is -2.44. The number of likely N-dealkylation sites (tertiary alicyclic amines) is 1. The van der Waals surface area contributed by atoms with Gasteiger partial charge in [0.25, 0.3) is 0 Å². The summed E-state index contributed by atoms with van der Waals surface area (Å²) < 4.78 is 32.0. The van der Waals surface area contributed by atoms with Crippen LogP contribution in [0.2, 0.25) is 0 Å². The molecule has 2 aliphatic heterocycles. The van der Waals surface area contributed by atoms with Gasteiger partial charge in [-0.3, -0.25) is 9.69 Å². The van der Waals surface area contributed by atoms with E-state index in [1.807, 2.05) is 4.90 Å². The molecule has 0 radical (unpaired) electrons. The monoisotopic (exact) mass is 267 g/mol. The summed E-state index contributed by atoms with van der Waals surface area (Å²) in [7, 11) is 0. The lowest BCUT2D eigenvalue weighted by Gasteiger charge is -2.31. The Labute approximate surface area is 110 Å². The van der Waals surface area contributed by atoms with E-state index in [1.54, 1.807) is 0 Å². The van der Waals surface area contributed by atoms with Crippen LogP contribution in [0.15, 0.2) is 18.2 Å². The number of Topliss-reactive ketones (excluding diaryl/α,β-unsaturated/α-hetero) is 1. The average molecular weight is 267 g/mol. The number of rotatable bonds is 3. The van der Waals surface area contributed by atoms with Crippen molar-refractivity contribution in [1.82, 2.24) is 4.90 Å². The third kappa shape index (κ3) is 2.67. The van der Waals surface area contributed by atoms with Crippen LogP contribution in [0.4, 0.5) is 8.78 Å². The smallest absolute Gasteiger partial charge is 0.179 e. The minimum atomic E-state index is -0.791. The van der Waals surface area contributed by atoms with E-state index >= 15 is 0 Å². The first-order valence-electron chi connectivity index (χ1n) is 6.48. The highest BCUT2D eigenvalue weighted by Gasteiger charge is 2.34. The van der Waals surface area contributed by atoms with Gasteiger partial charge in [-0.05, 0) is 25.0 Å². The van der Waals surface area contributed by atoms with Gasteiger partial charge in [-0.1, -0.05) is 0 Å². The zero-order chi connectivity index (χ0) is 13.4. The van der Waals surface area contributed by atoms with E-state index in [9.17, 15) is 13.6 Å². The van der Waals surface area contributed by atoms with Crippen LogP contribution in [0, 0.1) is 11.6 Å². The molecular formula is C14H15F2NO2. The molecule has 0 aliphatic carbocycles. The standard InChI is InChI=1S/C14H15F2NO2/c15-9-1-4-12(13(16)5-9)14(18)8-17-6-10-2-3-11(7-17)19-10/h1,4-5,10-11H,2-3,6-8H2. The molecule has 0 N–H and O–H groups in total. The summed E-state index contributed by atoms with van der Waals surface area (Å²) in [5.74, 6) is -1.77. The maximum Gasteiger partial charge on any atom is 0.179 e. The number of hydrogen-bond donors (Lipinski definition) is 0. The fraction of sp³-hybridized carbons (Fsp3) is 0.500. The van der Waals surface area contributed by atoms with Gasteiger partial charge in [0.1, 0.15) is 11.6 Å². The Hall–Kier alpha value is -1.33. The van der Waals surface area contributed by atoms with E-state index in [2.05, 4.69) is 0 Å². The fourth-order valence-electron chi connectivity index (χ4n) is 2.83. The molecule has 2 atom stereocenters. The molecule has 0 amide bonds. The molecule has 0 aromatic heterocycles. The molecule has 0 spiro atoms. The summed E-state index contributed by atoms with van der Waals surface area (Å²) >= 11 is 0. The first kappa shape index (κ1) is 12.7. The molecule has 102 valence electrons. The van der Waals surface area contributed by atoms with E-state index in [-0.39, 0.29) is 30.1 Å². The van der Waals surface area contributed by atoms with E-state index < -0.39 is 11.6 Å². The number of hydrogen-bond acceptors (Lipinski definition) is 3. The summed E-state index contributed by atoms with van der Waals surface area (Å²) in [6.07, 6.45) is 2.45. The predicted octanol–water partition coefficient (Wildman–Crippen LogP) is 2.01. The van der Waals surface area contributed by atoms with Crippen LogP contribution < -0.4 is 0 Å². The van der Waals surface area contributed by atoms with Gasteiger partial charge >= 0.3 is 0 Å². The van der Waals surface area contributed by atoms with Crippen LogP contribution >= 0.6 is 0 Å². The molecule has 2 bridgehead atoms. The number of benzene rings is 1. The number of nitrogens with zero attached hydrogens (tertiary/aromatic N) is 1. The number of carbonyl (C=O) groups excluding carboxylic acids is 1. The van der Waals surface area contributed by atoms with Crippen LogP contribution in [0.3, 0.4) is 0 Å². The number of fused-ring (bicyclic) bond motifs is 2. The third-order valence-electron chi connectivity index (χ3n) is 3.72. The number of ether oxygens (including phenoxy) is 1. The van der Waals surface area contributed by atoms with E-state index in [1.165, 1.54) is 6.07 Å². The molecule has 2 aliphatic rings. The number of ketones is 1. The quantitative estimate of drug-likeness (QED) is 0.785. The average Bonchev–Trinajstić information content (AvgIpc) is 2.68. The zero-order valence-corrected chi connectivity index (χ0v) is 10.4. The number of halogens is 2. The lowest BCUT2D eigenvalue weighted by molar-refractivity contribution is -0.0355. The Morgan fingerprint density at radius 3 is 2.58 bits per heavy atom. The Bertz CT molecular complexity index is 494. The van der Waals surface area contributed by atoms with Gasteiger partial charge in [0.15, 0.2) is 5.78 Å². The summed E-state index contributed by atoms with van der Waals surface area (Å²) in [6, 6.07) is 3.07. The van der Waals surface area contributed by atoms with Gasteiger partial charge in [-0.2, -0.15) is 0 Å². The summed E-state index contributed by atoms with van der Waals surface area (Å²) in [6.45, 7) is 1.59. The van der Waals surface area contributed by atoms with Crippen LogP contribution in [-0.4, -0.2) is 42.5 Å². The van der Waals surface area contributed by atoms with Crippen LogP contribution in [0.25, 0.3) is 0 Å². The van der Waals surface area contributed by atoms with Gasteiger partial charge in [-0.15, -0.1) is 0 Å². The minimum absolute atomic E-state index is 0.0414. The van der Waals surface area contributed by atoms with Gasteiger partial charge in [0.2, 0.25) is 0 Å². The van der Waals surface area contributed by atoms with Gasteiger partial charge in [-0.25, -0.2) is 8.78 Å². The van der Waals surface area contributed by atoms with E-state index in [0.717, 1.165) is 25.0 Å². The fourth-order valence-corrected chi connectivity index (χ4v) is 2.83. The molecule has 1 aromatic rings. The topological polar surface area (TPSA) is 29.5 Å².